The van der Waals surface area contributed by atoms with Gasteiger partial charge in [0.1, 0.15) is 29.7 Å². The molecule has 12 heteroatoms. The normalized spacial score (nSPS) is 10.3. The average Bonchev–Trinajstić information content (AvgIpc) is 3.32. The first-order valence-electron chi connectivity index (χ1n) is 10.8. The van der Waals surface area contributed by atoms with Gasteiger partial charge in [-0.25, -0.2) is 15.0 Å². The van der Waals surface area contributed by atoms with Gasteiger partial charge in [0.05, 0.1) is 18.4 Å². The Morgan fingerprint density at radius 3 is 2.61 bits per heavy atom. The lowest BCUT2D eigenvalue weighted by atomic mass is 10.1. The number of benzene rings is 1. The maximum absolute atomic E-state index is 11.2. The Hall–Kier alpha value is -5.18. The van der Waals surface area contributed by atoms with E-state index in [9.17, 15) is 4.79 Å². The van der Waals surface area contributed by atoms with Gasteiger partial charge in [0.25, 0.3) is 0 Å². The number of hydrazine groups is 1. The summed E-state index contributed by atoms with van der Waals surface area (Å²) in [5.74, 6) is 2.43. The largest absolute Gasteiger partial charge is 0.494 e. The summed E-state index contributed by atoms with van der Waals surface area (Å²) in [6.45, 7) is 1.87. The number of rotatable bonds is 9. The molecule has 0 bridgehead atoms. The van der Waals surface area contributed by atoms with E-state index in [0.29, 0.717) is 46.8 Å². The minimum atomic E-state index is 0.272. The van der Waals surface area contributed by atoms with Crippen LogP contribution in [0.25, 0.3) is 11.4 Å². The van der Waals surface area contributed by atoms with Crippen LogP contribution in [0.15, 0.2) is 48.8 Å². The first kappa shape index (κ1) is 24.0. The van der Waals surface area contributed by atoms with Crippen LogP contribution in [0.4, 0.5) is 28.8 Å². The average molecular weight is 485 g/mol. The molecule has 0 spiro atoms. The highest BCUT2D eigenvalue weighted by atomic mass is 16.5. The van der Waals surface area contributed by atoms with Gasteiger partial charge in [-0.2, -0.15) is 10.4 Å². The Labute approximate surface area is 207 Å². The van der Waals surface area contributed by atoms with Crippen molar-refractivity contribution < 1.29 is 9.53 Å². The van der Waals surface area contributed by atoms with Crippen LogP contribution in [0, 0.1) is 18.3 Å². The molecule has 0 unspecified atom stereocenters. The Bertz CT molecular complexity index is 1440. The van der Waals surface area contributed by atoms with E-state index in [0.717, 1.165) is 11.1 Å². The van der Waals surface area contributed by atoms with E-state index in [1.807, 2.05) is 31.2 Å². The van der Waals surface area contributed by atoms with Crippen molar-refractivity contribution >= 4 is 35.2 Å². The number of aromatic nitrogens is 5. The second-order valence-electron chi connectivity index (χ2n) is 7.75. The van der Waals surface area contributed by atoms with Crippen molar-refractivity contribution in [2.45, 2.75) is 6.92 Å². The maximum Gasteiger partial charge on any atom is 0.227 e. The third-order valence-electron chi connectivity index (χ3n) is 5.16. The number of para-hydroxylation sites is 1. The number of amides is 1. The number of carbonyl (C=O) groups is 1. The molecule has 0 saturated heterocycles. The van der Waals surface area contributed by atoms with Gasteiger partial charge >= 0.3 is 0 Å². The Morgan fingerprint density at radius 1 is 1.11 bits per heavy atom. The molecule has 0 aliphatic carbocycles. The summed E-state index contributed by atoms with van der Waals surface area (Å²) in [7, 11) is 4.96. The fourth-order valence-electron chi connectivity index (χ4n) is 3.44. The number of anilines is 5. The van der Waals surface area contributed by atoms with Gasteiger partial charge < -0.3 is 15.4 Å². The van der Waals surface area contributed by atoms with Crippen LogP contribution in [-0.4, -0.2) is 50.3 Å². The minimum absolute atomic E-state index is 0.272. The molecule has 0 aliphatic heterocycles. The zero-order valence-electron chi connectivity index (χ0n) is 20.1. The van der Waals surface area contributed by atoms with Gasteiger partial charge in [-0.05, 0) is 31.2 Å². The van der Waals surface area contributed by atoms with E-state index in [2.05, 4.69) is 36.1 Å². The molecule has 182 valence electrons. The summed E-state index contributed by atoms with van der Waals surface area (Å²) < 4.78 is 7.34. The minimum Gasteiger partial charge on any atom is -0.494 e. The molecule has 12 nitrogen and oxygen atoms in total. The fraction of sp³-hybridized carbons (Fsp3) is 0.167. The van der Waals surface area contributed by atoms with E-state index in [1.54, 1.807) is 56.5 Å². The van der Waals surface area contributed by atoms with Crippen molar-refractivity contribution in [2.24, 2.45) is 7.05 Å². The standard InChI is InChI=1S/C24H24N10O2/c1-15-19(28-18-9-6-8-17(22(18)36-4)24-26-13-33(2)32-24)11-21(30-23(15)31-34(3)14-35)29-20-10-5-7-16(12-25)27-20/h5-11,13-14H,1-4H3,(H3,27,28,29,30,31). The number of pyridine rings is 2. The van der Waals surface area contributed by atoms with Crippen LogP contribution in [-0.2, 0) is 11.8 Å². The molecule has 4 aromatic rings. The van der Waals surface area contributed by atoms with Crippen LogP contribution < -0.4 is 20.8 Å². The SMILES string of the molecule is COc1c(Nc2cc(Nc3cccc(C#N)n3)nc(NN(C)C=O)c2C)cccc1-c1ncn(C)n1. The van der Waals surface area contributed by atoms with Gasteiger partial charge in [0, 0.05) is 31.4 Å². The zero-order valence-corrected chi connectivity index (χ0v) is 20.1. The van der Waals surface area contributed by atoms with Gasteiger partial charge in [0.15, 0.2) is 17.4 Å². The number of hydrogen-bond acceptors (Lipinski definition) is 10. The molecule has 0 aliphatic rings. The summed E-state index contributed by atoms with van der Waals surface area (Å²) in [5, 5.41) is 21.3. The number of nitrogens with zero attached hydrogens (tertiary/aromatic N) is 7. The van der Waals surface area contributed by atoms with Crippen molar-refractivity contribution in [2.75, 3.05) is 30.2 Å². The smallest absolute Gasteiger partial charge is 0.227 e. The quantitative estimate of drug-likeness (QED) is 0.239. The number of nitriles is 1. The van der Waals surface area contributed by atoms with E-state index in [4.69, 9.17) is 10.00 Å². The Kier molecular flexibility index (Phi) is 6.92. The summed E-state index contributed by atoms with van der Waals surface area (Å²) in [6.07, 6.45) is 2.26. The lowest BCUT2D eigenvalue weighted by molar-refractivity contribution is -0.115. The molecule has 4 rings (SSSR count). The first-order valence-corrected chi connectivity index (χ1v) is 10.8. The molecule has 3 heterocycles. The van der Waals surface area contributed by atoms with Crippen molar-refractivity contribution in [3.63, 3.8) is 0 Å². The predicted octanol–water partition coefficient (Wildman–Crippen LogP) is 3.36. The molecule has 1 amide bonds. The fourth-order valence-corrected chi connectivity index (χ4v) is 3.44. The third-order valence-corrected chi connectivity index (χ3v) is 5.16. The van der Waals surface area contributed by atoms with E-state index in [1.165, 1.54) is 5.01 Å². The lowest BCUT2D eigenvalue weighted by Crippen LogP contribution is -2.24. The first-order chi connectivity index (χ1) is 17.4. The second kappa shape index (κ2) is 10.4. The highest BCUT2D eigenvalue weighted by Crippen LogP contribution is 2.38. The molecule has 0 saturated carbocycles. The number of hydrogen-bond donors (Lipinski definition) is 3. The number of methoxy groups -OCH3 is 1. The Morgan fingerprint density at radius 2 is 1.92 bits per heavy atom. The molecule has 0 radical (unpaired) electrons. The van der Waals surface area contributed by atoms with Gasteiger partial charge in [-0.1, -0.05) is 12.1 Å². The molecule has 0 atom stereocenters. The Balaban J connectivity index is 1.76. The van der Waals surface area contributed by atoms with Gasteiger partial charge in [-0.15, -0.1) is 0 Å². The highest BCUT2D eigenvalue weighted by molar-refractivity contribution is 5.81. The van der Waals surface area contributed by atoms with Crippen LogP contribution >= 0.6 is 0 Å². The molecule has 3 aromatic heterocycles. The molecular formula is C24H24N10O2. The molecular weight excluding hydrogens is 460 g/mol. The lowest BCUT2D eigenvalue weighted by Gasteiger charge is -2.20. The van der Waals surface area contributed by atoms with Crippen molar-refractivity contribution in [3.8, 4) is 23.2 Å². The van der Waals surface area contributed by atoms with Crippen molar-refractivity contribution in [3.05, 3.63) is 60.0 Å². The number of carbonyl (C=O) groups excluding carboxylic acids is 1. The predicted molar refractivity (Wildman–Crippen MR) is 135 cm³/mol. The molecule has 36 heavy (non-hydrogen) atoms. The number of aryl methyl sites for hydroxylation is 1. The van der Waals surface area contributed by atoms with Gasteiger partial charge in [0.2, 0.25) is 6.41 Å². The third kappa shape index (κ3) is 5.15. The highest BCUT2D eigenvalue weighted by Gasteiger charge is 2.17. The maximum atomic E-state index is 11.2. The summed E-state index contributed by atoms with van der Waals surface area (Å²) in [6, 6.07) is 14.5. The monoisotopic (exact) mass is 484 g/mol. The van der Waals surface area contributed by atoms with Crippen molar-refractivity contribution in [1.82, 2.24) is 29.7 Å². The summed E-state index contributed by atoms with van der Waals surface area (Å²) in [5.41, 5.74) is 6.07. The number of ether oxygens (including phenoxy) is 1. The van der Waals surface area contributed by atoms with Crippen LogP contribution in [0.5, 0.6) is 5.75 Å². The molecule has 3 N–H and O–H groups in total. The van der Waals surface area contributed by atoms with Crippen LogP contribution in [0.2, 0.25) is 0 Å². The molecule has 0 fully saturated rings. The van der Waals surface area contributed by atoms with E-state index in [-0.39, 0.29) is 5.69 Å². The zero-order chi connectivity index (χ0) is 25.7. The molecule has 1 aromatic carbocycles. The summed E-state index contributed by atoms with van der Waals surface area (Å²) in [4.78, 5) is 24.4. The topological polar surface area (TPSA) is 146 Å². The summed E-state index contributed by atoms with van der Waals surface area (Å²) >= 11 is 0. The van der Waals surface area contributed by atoms with Crippen LogP contribution in [0.1, 0.15) is 11.3 Å². The van der Waals surface area contributed by atoms with E-state index >= 15 is 0 Å². The number of nitrogens with one attached hydrogen (secondary N) is 3. The van der Waals surface area contributed by atoms with Gasteiger partial charge in [-0.3, -0.25) is 19.9 Å². The van der Waals surface area contributed by atoms with Crippen molar-refractivity contribution in [1.29, 1.82) is 5.26 Å². The van der Waals surface area contributed by atoms with E-state index < -0.39 is 0 Å². The van der Waals surface area contributed by atoms with Crippen LogP contribution in [0.3, 0.4) is 0 Å². The second-order valence-corrected chi connectivity index (χ2v) is 7.75.